The smallest absolute Gasteiger partial charge is 0.0105 e. The number of benzene rings is 10. The van der Waals surface area contributed by atoms with Gasteiger partial charge in [0.1, 0.15) is 0 Å². The van der Waals surface area contributed by atoms with E-state index in [1.165, 1.54) is 89.0 Å². The summed E-state index contributed by atoms with van der Waals surface area (Å²) in [6, 6.07) is 95.2. The molecule has 0 heteroatoms. The highest BCUT2D eigenvalue weighted by molar-refractivity contribution is 5.95. The molecule has 10 aromatic carbocycles. The van der Waals surface area contributed by atoms with Crippen LogP contribution >= 0.6 is 0 Å². The van der Waals surface area contributed by atoms with Crippen molar-refractivity contribution in [2.75, 3.05) is 0 Å². The molecular formula is C68H50. The van der Waals surface area contributed by atoms with Crippen molar-refractivity contribution in [3.8, 4) is 33.4 Å². The number of rotatable bonds is 13. The Morgan fingerprint density at radius 3 is 0.779 bits per heavy atom. The normalized spacial score (nSPS) is 11.9. The summed E-state index contributed by atoms with van der Waals surface area (Å²) in [5.41, 5.74) is 21.3. The zero-order valence-electron chi connectivity index (χ0n) is 37.9. The van der Waals surface area contributed by atoms with Crippen LogP contribution in [0.5, 0.6) is 0 Å². The van der Waals surface area contributed by atoms with Crippen molar-refractivity contribution in [3.05, 3.63) is 323 Å². The molecule has 0 amide bonds. The second kappa shape index (κ2) is 21.0. The lowest BCUT2D eigenvalue weighted by molar-refractivity contribution is 1.53. The van der Waals surface area contributed by atoms with Crippen molar-refractivity contribution in [1.29, 1.82) is 0 Å². The van der Waals surface area contributed by atoms with Gasteiger partial charge < -0.3 is 0 Å². The summed E-state index contributed by atoms with van der Waals surface area (Å²) >= 11 is 0. The summed E-state index contributed by atoms with van der Waals surface area (Å²) in [5, 5.41) is 0. The molecule has 322 valence electrons. The zero-order chi connectivity index (χ0) is 45.7. The molecule has 0 unspecified atom stereocenters. The van der Waals surface area contributed by atoms with Gasteiger partial charge in [0.15, 0.2) is 0 Å². The summed E-state index contributed by atoms with van der Waals surface area (Å²) in [6.45, 7) is 0. The average Bonchev–Trinajstić information content (AvgIpc) is 3.42. The zero-order valence-corrected chi connectivity index (χ0v) is 37.9. The Morgan fingerprint density at radius 1 is 0.191 bits per heavy atom. The molecule has 0 aliphatic carbocycles. The molecule has 0 aliphatic rings. The van der Waals surface area contributed by atoms with Gasteiger partial charge in [-0.15, -0.1) is 0 Å². The molecule has 0 radical (unpaired) electrons. The second-order valence-corrected chi connectivity index (χ2v) is 16.9. The minimum absolute atomic E-state index is 1.15. The Kier molecular flexibility index (Phi) is 13.3. The van der Waals surface area contributed by atoms with Crippen molar-refractivity contribution in [2.24, 2.45) is 0 Å². The lowest BCUT2D eigenvalue weighted by Gasteiger charge is -2.12. The molecule has 0 saturated heterocycles. The van der Waals surface area contributed by atoms with E-state index in [4.69, 9.17) is 0 Å². The maximum atomic E-state index is 2.32. The Bertz CT molecular complexity index is 3110. The standard InChI is InChI=1S/C68H50/c1-5-17-53(18-6-1)59-41-45-63(46-42-59)67(61-23-9-3-10-24-61)49-65-27-15-13-21-55(65)35-29-51-31-37-57(38-32-51)58-39-33-52(34-40-58)30-36-56-22-14-16-28-66(56)50-68(62-25-11-4-12-26-62)64-47-43-60(44-48-64)54-19-7-2-8-20-54/h1-50H. The first-order valence-electron chi connectivity index (χ1n) is 23.3. The van der Waals surface area contributed by atoms with Crippen LogP contribution in [0.3, 0.4) is 0 Å². The third-order valence-electron chi connectivity index (χ3n) is 12.4. The first-order valence-corrected chi connectivity index (χ1v) is 23.3. The molecule has 0 heterocycles. The van der Waals surface area contributed by atoms with Gasteiger partial charge in [0.25, 0.3) is 0 Å². The Balaban J connectivity index is 0.847. The van der Waals surface area contributed by atoms with Crippen molar-refractivity contribution in [2.45, 2.75) is 0 Å². The molecule has 0 atom stereocenters. The van der Waals surface area contributed by atoms with Crippen LogP contribution in [0, 0.1) is 0 Å². The number of hydrogen-bond acceptors (Lipinski definition) is 0. The Morgan fingerprint density at radius 2 is 0.441 bits per heavy atom. The summed E-state index contributed by atoms with van der Waals surface area (Å²) in [6.07, 6.45) is 13.5. The quantitative estimate of drug-likeness (QED) is 0.101. The van der Waals surface area contributed by atoms with Crippen LogP contribution in [-0.4, -0.2) is 0 Å². The van der Waals surface area contributed by atoms with Gasteiger partial charge in [0.05, 0.1) is 0 Å². The summed E-state index contributed by atoms with van der Waals surface area (Å²) < 4.78 is 0. The molecule has 0 nitrogen and oxygen atoms in total. The highest BCUT2D eigenvalue weighted by atomic mass is 14.1. The predicted molar refractivity (Wildman–Crippen MR) is 293 cm³/mol. The Labute approximate surface area is 401 Å². The van der Waals surface area contributed by atoms with Gasteiger partial charge in [-0.05, 0) is 112 Å². The van der Waals surface area contributed by atoms with E-state index in [9.17, 15) is 0 Å². The highest BCUT2D eigenvalue weighted by Crippen LogP contribution is 2.32. The molecule has 0 bridgehead atoms. The van der Waals surface area contributed by atoms with Gasteiger partial charge >= 0.3 is 0 Å². The molecular weight excluding hydrogens is 817 g/mol. The summed E-state index contributed by atoms with van der Waals surface area (Å²) in [5.74, 6) is 0. The fourth-order valence-corrected chi connectivity index (χ4v) is 8.69. The van der Waals surface area contributed by atoms with Crippen LogP contribution in [0.2, 0.25) is 0 Å². The van der Waals surface area contributed by atoms with Gasteiger partial charge in [-0.2, -0.15) is 0 Å². The van der Waals surface area contributed by atoms with E-state index in [0.29, 0.717) is 0 Å². The summed E-state index contributed by atoms with van der Waals surface area (Å²) in [4.78, 5) is 0. The molecule has 0 aliphatic heterocycles. The highest BCUT2D eigenvalue weighted by Gasteiger charge is 2.10. The fraction of sp³-hybridized carbons (Fsp3) is 0. The van der Waals surface area contributed by atoms with Gasteiger partial charge in [0.2, 0.25) is 0 Å². The van der Waals surface area contributed by atoms with Crippen LogP contribution < -0.4 is 0 Å². The Hall–Kier alpha value is -8.84. The molecule has 0 aromatic heterocycles. The van der Waals surface area contributed by atoms with E-state index in [1.807, 2.05) is 0 Å². The summed E-state index contributed by atoms with van der Waals surface area (Å²) in [7, 11) is 0. The lowest BCUT2D eigenvalue weighted by atomic mass is 9.92. The van der Waals surface area contributed by atoms with Crippen molar-refractivity contribution >= 4 is 47.6 Å². The predicted octanol–water partition coefficient (Wildman–Crippen LogP) is 18.2. The van der Waals surface area contributed by atoms with Crippen LogP contribution in [0.15, 0.2) is 267 Å². The van der Waals surface area contributed by atoms with Gasteiger partial charge in [-0.1, -0.05) is 291 Å². The van der Waals surface area contributed by atoms with E-state index < -0.39 is 0 Å². The largest absolute Gasteiger partial charge is 0.0622 e. The molecule has 0 N–H and O–H groups in total. The van der Waals surface area contributed by atoms with E-state index >= 15 is 0 Å². The lowest BCUT2D eigenvalue weighted by Crippen LogP contribution is -1.90. The monoisotopic (exact) mass is 866 g/mol. The first-order chi connectivity index (χ1) is 33.7. The third-order valence-corrected chi connectivity index (χ3v) is 12.4. The SMILES string of the molecule is C(=Cc1ccccc1C=C(c1ccccc1)c1ccc(-c2ccccc2)cc1)c1ccc(-c2ccc(C=Cc3ccccc3C=C(c3ccccc3)c3ccc(-c4ccccc4)cc3)cc2)cc1. The molecule has 10 rings (SSSR count). The molecule has 0 fully saturated rings. The van der Waals surface area contributed by atoms with Gasteiger partial charge in [-0.3, -0.25) is 0 Å². The van der Waals surface area contributed by atoms with E-state index in [0.717, 1.165) is 11.1 Å². The van der Waals surface area contributed by atoms with Crippen LogP contribution in [0.25, 0.3) is 81.0 Å². The van der Waals surface area contributed by atoms with E-state index in [1.54, 1.807) is 0 Å². The second-order valence-electron chi connectivity index (χ2n) is 16.9. The first kappa shape index (κ1) is 43.1. The van der Waals surface area contributed by atoms with E-state index in [-0.39, 0.29) is 0 Å². The minimum atomic E-state index is 1.15. The maximum absolute atomic E-state index is 2.32. The molecule has 68 heavy (non-hydrogen) atoms. The maximum Gasteiger partial charge on any atom is -0.0105 e. The van der Waals surface area contributed by atoms with Crippen LogP contribution in [-0.2, 0) is 0 Å². The van der Waals surface area contributed by atoms with Crippen molar-refractivity contribution in [1.82, 2.24) is 0 Å². The van der Waals surface area contributed by atoms with Crippen molar-refractivity contribution < 1.29 is 0 Å². The third kappa shape index (κ3) is 10.5. The average molecular weight is 867 g/mol. The number of hydrogen-bond donors (Lipinski definition) is 0. The molecule has 10 aromatic rings. The van der Waals surface area contributed by atoms with Gasteiger partial charge in [0, 0.05) is 0 Å². The minimum Gasteiger partial charge on any atom is -0.0622 e. The molecule has 0 spiro atoms. The molecule has 0 saturated carbocycles. The fourth-order valence-electron chi connectivity index (χ4n) is 8.69. The topological polar surface area (TPSA) is 0 Å². The van der Waals surface area contributed by atoms with E-state index in [2.05, 4.69) is 303 Å². The van der Waals surface area contributed by atoms with Crippen LogP contribution in [0.4, 0.5) is 0 Å². The van der Waals surface area contributed by atoms with Gasteiger partial charge in [-0.25, -0.2) is 0 Å². The van der Waals surface area contributed by atoms with Crippen molar-refractivity contribution in [3.63, 3.8) is 0 Å². The van der Waals surface area contributed by atoms with Crippen LogP contribution in [0.1, 0.15) is 55.6 Å².